The van der Waals surface area contributed by atoms with Crippen LogP contribution in [0.15, 0.2) is 54.7 Å². The predicted molar refractivity (Wildman–Crippen MR) is 113 cm³/mol. The summed E-state index contributed by atoms with van der Waals surface area (Å²) in [6, 6.07) is 9.43. The summed E-state index contributed by atoms with van der Waals surface area (Å²) in [4.78, 5) is 25.1. The van der Waals surface area contributed by atoms with E-state index in [1.165, 1.54) is 56.6 Å². The number of nitrogens with zero attached hydrogens (tertiary/aromatic N) is 2. The summed E-state index contributed by atoms with van der Waals surface area (Å²) in [7, 11) is 1.25. The van der Waals surface area contributed by atoms with Gasteiger partial charge in [0.05, 0.1) is 30.6 Å². The molecule has 0 radical (unpaired) electrons. The van der Waals surface area contributed by atoms with Gasteiger partial charge in [0.25, 0.3) is 5.91 Å². The van der Waals surface area contributed by atoms with Crippen molar-refractivity contribution in [3.05, 3.63) is 77.4 Å². The molecule has 3 rings (SSSR count). The molecule has 34 heavy (non-hydrogen) atoms. The average molecular weight is 479 g/mol. The maximum atomic E-state index is 13.1. The molecule has 180 valence electrons. The van der Waals surface area contributed by atoms with E-state index < -0.39 is 41.6 Å². The van der Waals surface area contributed by atoms with E-state index in [1.54, 1.807) is 6.92 Å². The van der Waals surface area contributed by atoms with Crippen molar-refractivity contribution < 1.29 is 36.6 Å². The Morgan fingerprint density at radius 1 is 1.09 bits per heavy atom. The molecule has 0 fully saturated rings. The minimum atomic E-state index is -4.55. The fourth-order valence-electron chi connectivity index (χ4n) is 3.04. The lowest BCUT2D eigenvalue weighted by Crippen LogP contribution is -2.37. The number of methoxy groups -OCH3 is 1. The second-order valence-electron chi connectivity index (χ2n) is 7.37. The van der Waals surface area contributed by atoms with E-state index in [1.807, 2.05) is 0 Å². The number of benzene rings is 2. The van der Waals surface area contributed by atoms with Crippen molar-refractivity contribution in [1.82, 2.24) is 15.1 Å². The zero-order valence-corrected chi connectivity index (χ0v) is 18.4. The molecule has 1 amide bonds. The minimum Gasteiger partial charge on any atom is -0.493 e. The number of rotatable bonds is 7. The van der Waals surface area contributed by atoms with Crippen LogP contribution in [0.2, 0.25) is 0 Å². The number of halogens is 4. The van der Waals surface area contributed by atoms with Crippen LogP contribution in [0, 0.1) is 5.82 Å². The summed E-state index contributed by atoms with van der Waals surface area (Å²) < 4.78 is 63.4. The molecule has 0 spiro atoms. The maximum absolute atomic E-state index is 13.1. The van der Waals surface area contributed by atoms with E-state index >= 15 is 0 Å². The van der Waals surface area contributed by atoms with Crippen molar-refractivity contribution in [1.29, 1.82) is 0 Å². The Kier molecular flexibility index (Phi) is 7.23. The highest BCUT2D eigenvalue weighted by atomic mass is 19.4. The van der Waals surface area contributed by atoms with Crippen molar-refractivity contribution in [2.45, 2.75) is 32.2 Å². The SMILES string of the molecule is COc1cn(-c2cccc(C(F)(F)F)c2)nc1C(=O)OC(C)C(=O)NC(C)c1ccc(F)cc1. The standard InChI is InChI=1S/C23H21F4N3O4/c1-13(15-7-9-17(24)10-8-15)28-21(31)14(2)34-22(32)20-19(33-3)12-30(29-20)18-6-4-5-16(11-18)23(25,26)27/h4-14H,1-3H3,(H,28,31). The number of carbonyl (C=O) groups excluding carboxylic acids is 2. The lowest BCUT2D eigenvalue weighted by molar-refractivity contribution is -0.137. The first-order chi connectivity index (χ1) is 16.0. The number of aromatic nitrogens is 2. The van der Waals surface area contributed by atoms with Gasteiger partial charge in [0.15, 0.2) is 11.9 Å². The zero-order chi connectivity index (χ0) is 25.0. The van der Waals surface area contributed by atoms with Crippen LogP contribution in [0.25, 0.3) is 5.69 Å². The number of ether oxygens (including phenoxy) is 2. The molecule has 0 saturated heterocycles. The van der Waals surface area contributed by atoms with Gasteiger partial charge in [-0.3, -0.25) is 4.79 Å². The Bertz CT molecular complexity index is 1180. The Morgan fingerprint density at radius 3 is 2.38 bits per heavy atom. The number of alkyl halides is 3. The highest BCUT2D eigenvalue weighted by Crippen LogP contribution is 2.31. The summed E-state index contributed by atoms with van der Waals surface area (Å²) in [5.41, 5.74) is -0.504. The first-order valence-electron chi connectivity index (χ1n) is 10.1. The minimum absolute atomic E-state index is 0.0466. The zero-order valence-electron chi connectivity index (χ0n) is 18.4. The van der Waals surface area contributed by atoms with Gasteiger partial charge in [-0.1, -0.05) is 18.2 Å². The van der Waals surface area contributed by atoms with Gasteiger partial charge in [-0.15, -0.1) is 0 Å². The van der Waals surface area contributed by atoms with Gasteiger partial charge in [-0.2, -0.15) is 18.3 Å². The van der Waals surface area contributed by atoms with E-state index in [0.29, 0.717) is 5.56 Å². The topological polar surface area (TPSA) is 82.5 Å². The normalized spacial score (nSPS) is 13.1. The van der Waals surface area contributed by atoms with Crippen molar-refractivity contribution >= 4 is 11.9 Å². The first-order valence-corrected chi connectivity index (χ1v) is 10.1. The third-order valence-electron chi connectivity index (χ3n) is 4.91. The largest absolute Gasteiger partial charge is 0.493 e. The van der Waals surface area contributed by atoms with Gasteiger partial charge >= 0.3 is 12.1 Å². The van der Waals surface area contributed by atoms with Crippen molar-refractivity contribution in [3.8, 4) is 11.4 Å². The fourth-order valence-corrected chi connectivity index (χ4v) is 3.04. The number of amides is 1. The third kappa shape index (κ3) is 5.72. The molecule has 1 heterocycles. The molecule has 3 aromatic rings. The Balaban J connectivity index is 1.72. The molecule has 2 unspecified atom stereocenters. The highest BCUT2D eigenvalue weighted by molar-refractivity contribution is 5.93. The van der Waals surface area contributed by atoms with Crippen molar-refractivity contribution in [3.63, 3.8) is 0 Å². The lowest BCUT2D eigenvalue weighted by atomic mass is 10.1. The van der Waals surface area contributed by atoms with Gasteiger partial charge in [0.1, 0.15) is 5.82 Å². The molecule has 7 nitrogen and oxygen atoms in total. The quantitative estimate of drug-likeness (QED) is 0.400. The molecule has 2 atom stereocenters. The molecule has 0 aliphatic carbocycles. The number of hydrogen-bond acceptors (Lipinski definition) is 5. The van der Waals surface area contributed by atoms with Gasteiger partial charge in [-0.25, -0.2) is 13.9 Å². The fraction of sp³-hybridized carbons (Fsp3) is 0.261. The van der Waals surface area contributed by atoms with Crippen LogP contribution in [0.3, 0.4) is 0 Å². The lowest BCUT2D eigenvalue weighted by Gasteiger charge is -2.18. The predicted octanol–water partition coefficient (Wildman–Crippen LogP) is 4.46. The summed E-state index contributed by atoms with van der Waals surface area (Å²) in [6.45, 7) is 3.03. The second-order valence-corrected chi connectivity index (χ2v) is 7.37. The van der Waals surface area contributed by atoms with E-state index in [-0.39, 0.29) is 17.1 Å². The van der Waals surface area contributed by atoms with Crippen LogP contribution in [0.5, 0.6) is 5.75 Å². The van der Waals surface area contributed by atoms with Crippen LogP contribution in [0.1, 0.15) is 41.5 Å². The molecule has 0 aliphatic heterocycles. The molecule has 1 aromatic heterocycles. The molecule has 0 saturated carbocycles. The second kappa shape index (κ2) is 9.94. The summed E-state index contributed by atoms with van der Waals surface area (Å²) >= 11 is 0. The van der Waals surface area contributed by atoms with Crippen LogP contribution in [0.4, 0.5) is 17.6 Å². The first kappa shape index (κ1) is 24.7. The van der Waals surface area contributed by atoms with E-state index in [9.17, 15) is 27.2 Å². The van der Waals surface area contributed by atoms with Crippen LogP contribution in [-0.4, -0.2) is 34.9 Å². The molecule has 0 aliphatic rings. The average Bonchev–Trinajstić information content (AvgIpc) is 3.23. The van der Waals surface area contributed by atoms with Gasteiger partial charge in [0, 0.05) is 0 Å². The van der Waals surface area contributed by atoms with E-state index in [0.717, 1.165) is 16.8 Å². The van der Waals surface area contributed by atoms with Gasteiger partial charge in [0.2, 0.25) is 5.69 Å². The summed E-state index contributed by atoms with van der Waals surface area (Å²) in [6.07, 6.45) is -4.55. The molecule has 1 N–H and O–H groups in total. The Morgan fingerprint density at radius 2 is 1.76 bits per heavy atom. The van der Waals surface area contributed by atoms with Crippen LogP contribution < -0.4 is 10.1 Å². The molecule has 11 heteroatoms. The Labute approximate surface area is 192 Å². The highest BCUT2D eigenvalue weighted by Gasteiger charge is 2.31. The summed E-state index contributed by atoms with van der Waals surface area (Å²) in [5.74, 6) is -2.07. The molecular formula is C23H21F4N3O4. The number of hydrogen-bond donors (Lipinski definition) is 1. The number of nitrogens with one attached hydrogen (secondary N) is 1. The number of carbonyl (C=O) groups is 2. The van der Waals surface area contributed by atoms with Gasteiger partial charge < -0.3 is 14.8 Å². The van der Waals surface area contributed by atoms with Crippen LogP contribution >= 0.6 is 0 Å². The molecule has 0 bridgehead atoms. The monoisotopic (exact) mass is 479 g/mol. The summed E-state index contributed by atoms with van der Waals surface area (Å²) in [5, 5.41) is 6.64. The number of esters is 1. The smallest absolute Gasteiger partial charge is 0.416 e. The van der Waals surface area contributed by atoms with E-state index in [2.05, 4.69) is 10.4 Å². The van der Waals surface area contributed by atoms with Crippen molar-refractivity contribution in [2.75, 3.05) is 7.11 Å². The van der Waals surface area contributed by atoms with Gasteiger partial charge in [-0.05, 0) is 49.7 Å². The Hall–Kier alpha value is -3.89. The molecular weight excluding hydrogens is 458 g/mol. The van der Waals surface area contributed by atoms with Crippen molar-refractivity contribution in [2.24, 2.45) is 0 Å². The third-order valence-corrected chi connectivity index (χ3v) is 4.91. The van der Waals surface area contributed by atoms with E-state index in [4.69, 9.17) is 9.47 Å². The molecule has 2 aromatic carbocycles. The van der Waals surface area contributed by atoms with Crippen LogP contribution in [-0.2, 0) is 15.7 Å². The maximum Gasteiger partial charge on any atom is 0.416 e.